The molecule has 0 radical (unpaired) electrons. The molecule has 3 amide bonds. The van der Waals surface area contributed by atoms with Crippen molar-refractivity contribution in [2.24, 2.45) is 0 Å². The third-order valence-electron chi connectivity index (χ3n) is 3.06. The van der Waals surface area contributed by atoms with Gasteiger partial charge in [0.15, 0.2) is 0 Å². The van der Waals surface area contributed by atoms with Crippen LogP contribution in [0.25, 0.3) is 0 Å². The maximum absolute atomic E-state index is 11.4. The summed E-state index contributed by atoms with van der Waals surface area (Å²) in [4.78, 5) is 22.3. The molecule has 0 aromatic carbocycles. The third kappa shape index (κ3) is 2.68. The molecular formula is C10H17N3O2. The van der Waals surface area contributed by atoms with Crippen molar-refractivity contribution in [3.8, 4) is 0 Å². The van der Waals surface area contributed by atoms with Gasteiger partial charge in [0, 0.05) is 12.6 Å². The van der Waals surface area contributed by atoms with Gasteiger partial charge in [0.1, 0.15) is 6.04 Å². The van der Waals surface area contributed by atoms with Crippen LogP contribution in [0.4, 0.5) is 4.79 Å². The summed E-state index contributed by atoms with van der Waals surface area (Å²) < 4.78 is 0. The lowest BCUT2D eigenvalue weighted by Gasteiger charge is -2.30. The summed E-state index contributed by atoms with van der Waals surface area (Å²) in [7, 11) is 0. The molecule has 5 nitrogen and oxygen atoms in total. The fourth-order valence-electron chi connectivity index (χ4n) is 2.22. The highest BCUT2D eigenvalue weighted by Crippen LogP contribution is 2.17. The molecule has 2 fully saturated rings. The van der Waals surface area contributed by atoms with Gasteiger partial charge in [0.2, 0.25) is 5.91 Å². The predicted molar refractivity (Wildman–Crippen MR) is 55.3 cm³/mol. The minimum absolute atomic E-state index is 0.204. The number of hydrogen-bond acceptors (Lipinski definition) is 3. The topological polar surface area (TPSA) is 70.2 Å². The summed E-state index contributed by atoms with van der Waals surface area (Å²) in [6.45, 7) is 0.404. The van der Waals surface area contributed by atoms with Crippen molar-refractivity contribution in [3.05, 3.63) is 0 Å². The molecule has 5 heteroatoms. The molecule has 1 aliphatic heterocycles. The Labute approximate surface area is 89.0 Å². The van der Waals surface area contributed by atoms with E-state index < -0.39 is 0 Å². The number of rotatable bonds is 2. The number of urea groups is 1. The molecule has 2 aliphatic rings. The number of amides is 3. The van der Waals surface area contributed by atoms with Crippen LogP contribution in [0, 0.1) is 0 Å². The minimum Gasteiger partial charge on any atom is -0.336 e. The Hall–Kier alpha value is -1.10. The standard InChI is InChI=1S/C10H17N3O2/c14-9-8(6-11-10(15)13-9)12-7-4-2-1-3-5-7/h7-8,12H,1-6H2,(H2,11,13,14,15). The molecule has 1 aliphatic carbocycles. The Bertz CT molecular complexity index is 261. The van der Waals surface area contributed by atoms with E-state index in [1.807, 2.05) is 0 Å². The normalized spacial score (nSPS) is 28.4. The van der Waals surface area contributed by atoms with Gasteiger partial charge in [-0.3, -0.25) is 10.1 Å². The maximum atomic E-state index is 11.4. The van der Waals surface area contributed by atoms with Crippen LogP contribution in [0.2, 0.25) is 0 Å². The third-order valence-corrected chi connectivity index (χ3v) is 3.06. The quantitative estimate of drug-likeness (QED) is 0.607. The maximum Gasteiger partial charge on any atom is 0.321 e. The highest BCUT2D eigenvalue weighted by atomic mass is 16.2. The van der Waals surface area contributed by atoms with Crippen molar-refractivity contribution < 1.29 is 9.59 Å². The second-order valence-corrected chi connectivity index (χ2v) is 4.25. The summed E-state index contributed by atoms with van der Waals surface area (Å²) in [5, 5.41) is 8.19. The van der Waals surface area contributed by atoms with Crippen molar-refractivity contribution in [3.63, 3.8) is 0 Å². The lowest BCUT2D eigenvalue weighted by molar-refractivity contribution is -0.122. The Morgan fingerprint density at radius 3 is 2.53 bits per heavy atom. The smallest absolute Gasteiger partial charge is 0.321 e. The van der Waals surface area contributed by atoms with Gasteiger partial charge in [0.25, 0.3) is 0 Å². The predicted octanol–water partition coefficient (Wildman–Crippen LogP) is 0.117. The number of nitrogens with one attached hydrogen (secondary N) is 3. The highest BCUT2D eigenvalue weighted by molar-refractivity contribution is 5.99. The van der Waals surface area contributed by atoms with Crippen LogP contribution in [0.15, 0.2) is 0 Å². The number of hydrogen-bond donors (Lipinski definition) is 3. The molecular weight excluding hydrogens is 194 g/mol. The molecule has 1 heterocycles. The van der Waals surface area contributed by atoms with Gasteiger partial charge < -0.3 is 10.6 Å². The van der Waals surface area contributed by atoms with Crippen molar-refractivity contribution in [1.29, 1.82) is 0 Å². The first kappa shape index (κ1) is 10.4. The fraction of sp³-hybridized carbons (Fsp3) is 0.800. The lowest BCUT2D eigenvalue weighted by atomic mass is 9.94. The van der Waals surface area contributed by atoms with Crippen LogP contribution in [-0.4, -0.2) is 30.6 Å². The van der Waals surface area contributed by atoms with Crippen molar-refractivity contribution in [2.45, 2.75) is 44.2 Å². The molecule has 0 spiro atoms. The number of carbonyl (C=O) groups excluding carboxylic acids is 2. The van der Waals surface area contributed by atoms with Crippen LogP contribution in [0.1, 0.15) is 32.1 Å². The molecule has 15 heavy (non-hydrogen) atoms. The van der Waals surface area contributed by atoms with Crippen molar-refractivity contribution in [2.75, 3.05) is 6.54 Å². The minimum atomic E-state index is -0.387. The van der Waals surface area contributed by atoms with Gasteiger partial charge in [-0.05, 0) is 12.8 Å². The van der Waals surface area contributed by atoms with E-state index in [2.05, 4.69) is 16.0 Å². The van der Waals surface area contributed by atoms with Crippen LogP contribution in [0.3, 0.4) is 0 Å². The molecule has 0 aromatic heterocycles. The number of imide groups is 1. The molecule has 0 bridgehead atoms. The molecule has 1 unspecified atom stereocenters. The largest absolute Gasteiger partial charge is 0.336 e. The van der Waals surface area contributed by atoms with Gasteiger partial charge in [-0.1, -0.05) is 19.3 Å². The highest BCUT2D eigenvalue weighted by Gasteiger charge is 2.28. The average molecular weight is 211 g/mol. The summed E-state index contributed by atoms with van der Waals surface area (Å²) in [6.07, 6.45) is 6.04. The molecule has 0 aromatic rings. The van der Waals surface area contributed by atoms with Crippen molar-refractivity contribution in [1.82, 2.24) is 16.0 Å². The Balaban J connectivity index is 1.82. The van der Waals surface area contributed by atoms with Gasteiger partial charge in [-0.15, -0.1) is 0 Å². The van der Waals surface area contributed by atoms with Crippen molar-refractivity contribution >= 4 is 11.9 Å². The second-order valence-electron chi connectivity index (χ2n) is 4.25. The van der Waals surface area contributed by atoms with E-state index in [-0.39, 0.29) is 18.0 Å². The molecule has 84 valence electrons. The summed E-state index contributed by atoms with van der Waals surface area (Å²) in [5.41, 5.74) is 0. The van der Waals surface area contributed by atoms with Crippen LogP contribution in [0.5, 0.6) is 0 Å². The van der Waals surface area contributed by atoms with E-state index in [0.29, 0.717) is 12.6 Å². The average Bonchev–Trinajstić information content (AvgIpc) is 2.24. The first-order valence-corrected chi connectivity index (χ1v) is 5.60. The number of carbonyl (C=O) groups is 2. The molecule has 2 rings (SSSR count). The van der Waals surface area contributed by atoms with Gasteiger partial charge >= 0.3 is 6.03 Å². The SMILES string of the molecule is O=C1NCC(NC2CCCCC2)C(=O)N1. The van der Waals surface area contributed by atoms with E-state index in [1.165, 1.54) is 19.3 Å². The van der Waals surface area contributed by atoms with E-state index in [1.54, 1.807) is 0 Å². The fourth-order valence-corrected chi connectivity index (χ4v) is 2.22. The van der Waals surface area contributed by atoms with E-state index in [4.69, 9.17) is 0 Å². The van der Waals surface area contributed by atoms with E-state index >= 15 is 0 Å². The zero-order chi connectivity index (χ0) is 10.7. The monoisotopic (exact) mass is 211 g/mol. The zero-order valence-corrected chi connectivity index (χ0v) is 8.71. The molecule has 3 N–H and O–H groups in total. The lowest BCUT2D eigenvalue weighted by Crippen LogP contribution is -2.61. The van der Waals surface area contributed by atoms with Gasteiger partial charge in [-0.2, -0.15) is 0 Å². The van der Waals surface area contributed by atoms with Crippen LogP contribution < -0.4 is 16.0 Å². The Morgan fingerprint density at radius 1 is 1.13 bits per heavy atom. The summed E-state index contributed by atoms with van der Waals surface area (Å²) in [5.74, 6) is -0.204. The van der Waals surface area contributed by atoms with Gasteiger partial charge in [-0.25, -0.2) is 4.79 Å². The van der Waals surface area contributed by atoms with E-state index in [0.717, 1.165) is 12.8 Å². The summed E-state index contributed by atoms with van der Waals surface area (Å²) in [6, 6.07) is -0.211. The molecule has 1 saturated heterocycles. The van der Waals surface area contributed by atoms with Gasteiger partial charge in [0.05, 0.1) is 0 Å². The van der Waals surface area contributed by atoms with Crippen LogP contribution >= 0.6 is 0 Å². The molecule has 1 atom stereocenters. The Morgan fingerprint density at radius 2 is 1.87 bits per heavy atom. The zero-order valence-electron chi connectivity index (χ0n) is 8.71. The molecule has 1 saturated carbocycles. The first-order valence-electron chi connectivity index (χ1n) is 5.60. The van der Waals surface area contributed by atoms with E-state index in [9.17, 15) is 9.59 Å². The summed E-state index contributed by atoms with van der Waals surface area (Å²) >= 11 is 0. The Kier molecular flexibility index (Phi) is 3.20. The van der Waals surface area contributed by atoms with Crippen LogP contribution in [-0.2, 0) is 4.79 Å². The second kappa shape index (κ2) is 4.61. The first-order chi connectivity index (χ1) is 7.25.